The van der Waals surface area contributed by atoms with Crippen molar-refractivity contribution in [2.24, 2.45) is 10.7 Å². The van der Waals surface area contributed by atoms with Crippen molar-refractivity contribution < 1.29 is 9.53 Å². The number of aromatic nitrogens is 1. The maximum absolute atomic E-state index is 10.7. The quantitative estimate of drug-likeness (QED) is 0.276. The van der Waals surface area contributed by atoms with E-state index in [-0.39, 0.29) is 30.6 Å². The van der Waals surface area contributed by atoms with Crippen LogP contribution in [-0.2, 0) is 17.6 Å². The molecule has 9 heteroatoms. The van der Waals surface area contributed by atoms with Gasteiger partial charge in [0.2, 0.25) is 0 Å². The first-order chi connectivity index (χ1) is 12.6. The molecule has 0 radical (unpaired) electrons. The van der Waals surface area contributed by atoms with Crippen molar-refractivity contribution in [1.29, 1.82) is 0 Å². The number of hydrogen-bond acceptors (Lipinski definition) is 5. The number of thiazole rings is 1. The Hall–Kier alpha value is -1.88. The second-order valence-corrected chi connectivity index (χ2v) is 6.74. The third kappa shape index (κ3) is 9.05. The highest BCUT2D eigenvalue weighted by Crippen LogP contribution is 2.12. The van der Waals surface area contributed by atoms with Crippen LogP contribution in [0, 0.1) is 6.92 Å². The van der Waals surface area contributed by atoms with E-state index in [1.807, 2.05) is 31.2 Å². The van der Waals surface area contributed by atoms with E-state index >= 15 is 0 Å². The van der Waals surface area contributed by atoms with E-state index in [9.17, 15) is 4.79 Å². The van der Waals surface area contributed by atoms with Gasteiger partial charge in [0.15, 0.2) is 12.6 Å². The standard InChI is InChI=1S/C18H25N5O2S.HI/c1-13-23-15(12-26-13)8-10-22-18(20-2)21-9-7-14-3-5-16(6-4-14)25-11-17(19)24;/h3-6,12H,7-11H2,1-2H3,(H2,19,24)(H2,20,21,22);1H. The second kappa shape index (κ2) is 12.5. The van der Waals surface area contributed by atoms with Gasteiger partial charge in [-0.1, -0.05) is 12.1 Å². The Bertz CT molecular complexity index is 734. The number of nitrogens with one attached hydrogen (secondary N) is 2. The molecule has 0 aliphatic rings. The zero-order valence-corrected chi connectivity index (χ0v) is 18.7. The lowest BCUT2D eigenvalue weighted by Gasteiger charge is -2.11. The molecule has 1 heterocycles. The van der Waals surface area contributed by atoms with Crippen molar-refractivity contribution in [2.45, 2.75) is 19.8 Å². The molecule has 1 aromatic heterocycles. The lowest BCUT2D eigenvalue weighted by molar-refractivity contribution is -0.119. The minimum absolute atomic E-state index is 0. The molecule has 0 spiro atoms. The van der Waals surface area contributed by atoms with Gasteiger partial charge in [0.25, 0.3) is 5.91 Å². The van der Waals surface area contributed by atoms with Crippen molar-refractivity contribution in [3.05, 3.63) is 45.9 Å². The third-order valence-corrected chi connectivity index (χ3v) is 4.40. The Kier molecular flexibility index (Phi) is 10.7. The summed E-state index contributed by atoms with van der Waals surface area (Å²) in [4.78, 5) is 19.4. The molecule has 0 saturated heterocycles. The predicted octanol–water partition coefficient (Wildman–Crippen LogP) is 1.88. The van der Waals surface area contributed by atoms with Gasteiger partial charge in [-0.3, -0.25) is 9.79 Å². The zero-order valence-electron chi connectivity index (χ0n) is 15.5. The highest BCUT2D eigenvalue weighted by molar-refractivity contribution is 14.0. The number of amides is 1. The van der Waals surface area contributed by atoms with E-state index in [1.165, 1.54) is 0 Å². The van der Waals surface area contributed by atoms with Gasteiger partial charge in [-0.05, 0) is 31.0 Å². The number of carbonyl (C=O) groups excluding carboxylic acids is 1. The fraction of sp³-hybridized carbons (Fsp3) is 0.389. The summed E-state index contributed by atoms with van der Waals surface area (Å²) in [5.41, 5.74) is 7.32. The number of halogens is 1. The molecule has 0 unspecified atom stereocenters. The molecule has 2 rings (SSSR count). The molecular formula is C18H26IN5O2S. The van der Waals surface area contributed by atoms with Crippen molar-refractivity contribution in [3.8, 4) is 5.75 Å². The van der Waals surface area contributed by atoms with Gasteiger partial charge in [-0.25, -0.2) is 4.98 Å². The van der Waals surface area contributed by atoms with Crippen LogP contribution in [0.25, 0.3) is 0 Å². The lowest BCUT2D eigenvalue weighted by Crippen LogP contribution is -2.39. The van der Waals surface area contributed by atoms with Crippen molar-refractivity contribution in [2.75, 3.05) is 26.7 Å². The SMILES string of the molecule is CN=C(NCCc1ccc(OCC(N)=O)cc1)NCCc1csc(C)n1.I. The Labute approximate surface area is 180 Å². The summed E-state index contributed by atoms with van der Waals surface area (Å²) in [6.45, 7) is 3.45. The first-order valence-corrected chi connectivity index (χ1v) is 9.30. The number of primary amides is 1. The average Bonchev–Trinajstić information content (AvgIpc) is 3.05. The number of guanidine groups is 1. The first kappa shape index (κ1) is 23.2. The summed E-state index contributed by atoms with van der Waals surface area (Å²) < 4.78 is 5.24. The number of aliphatic imine (C=N–C) groups is 1. The molecule has 0 aliphatic heterocycles. The van der Waals surface area contributed by atoms with Gasteiger partial charge in [-0.15, -0.1) is 35.3 Å². The number of nitrogens with zero attached hydrogens (tertiary/aromatic N) is 2. The number of aryl methyl sites for hydroxylation is 1. The van der Waals surface area contributed by atoms with Crippen LogP contribution < -0.4 is 21.1 Å². The van der Waals surface area contributed by atoms with Gasteiger partial charge < -0.3 is 21.1 Å². The largest absolute Gasteiger partial charge is 0.484 e. The summed E-state index contributed by atoms with van der Waals surface area (Å²) >= 11 is 1.67. The molecule has 0 aliphatic carbocycles. The van der Waals surface area contributed by atoms with Gasteiger partial charge in [0.05, 0.1) is 10.7 Å². The normalized spacial score (nSPS) is 10.8. The van der Waals surface area contributed by atoms with Crippen LogP contribution in [-0.4, -0.2) is 43.6 Å². The highest BCUT2D eigenvalue weighted by Gasteiger charge is 2.02. The Morgan fingerprint density at radius 1 is 1.22 bits per heavy atom. The number of nitrogens with two attached hydrogens (primary N) is 1. The van der Waals surface area contributed by atoms with E-state index < -0.39 is 5.91 Å². The van der Waals surface area contributed by atoms with Crippen molar-refractivity contribution >= 4 is 47.2 Å². The van der Waals surface area contributed by atoms with Crippen LogP contribution in [0.1, 0.15) is 16.3 Å². The second-order valence-electron chi connectivity index (χ2n) is 5.68. The molecule has 7 nitrogen and oxygen atoms in total. The van der Waals surface area contributed by atoms with Crippen molar-refractivity contribution in [3.63, 3.8) is 0 Å². The molecule has 1 amide bonds. The summed E-state index contributed by atoms with van der Waals surface area (Å²) in [6, 6.07) is 7.61. The van der Waals surface area contributed by atoms with Crippen LogP contribution in [0.2, 0.25) is 0 Å². The van der Waals surface area contributed by atoms with E-state index in [0.717, 1.165) is 48.2 Å². The van der Waals surface area contributed by atoms with Gasteiger partial charge in [0, 0.05) is 31.9 Å². The van der Waals surface area contributed by atoms with Crippen LogP contribution in [0.15, 0.2) is 34.6 Å². The lowest BCUT2D eigenvalue weighted by atomic mass is 10.1. The van der Waals surface area contributed by atoms with Gasteiger partial charge in [-0.2, -0.15) is 0 Å². The van der Waals surface area contributed by atoms with Crippen molar-refractivity contribution in [1.82, 2.24) is 15.6 Å². The van der Waals surface area contributed by atoms with Crippen LogP contribution >= 0.6 is 35.3 Å². The summed E-state index contributed by atoms with van der Waals surface area (Å²) in [5.74, 6) is 0.927. The van der Waals surface area contributed by atoms with Gasteiger partial charge >= 0.3 is 0 Å². The van der Waals surface area contributed by atoms with Crippen LogP contribution in [0.3, 0.4) is 0 Å². The minimum Gasteiger partial charge on any atom is -0.484 e. The smallest absolute Gasteiger partial charge is 0.255 e. The highest BCUT2D eigenvalue weighted by atomic mass is 127. The summed E-state index contributed by atoms with van der Waals surface area (Å²) in [5, 5.41) is 9.76. The molecule has 27 heavy (non-hydrogen) atoms. The molecule has 0 atom stereocenters. The molecule has 0 bridgehead atoms. The van der Waals surface area contributed by atoms with E-state index in [1.54, 1.807) is 18.4 Å². The first-order valence-electron chi connectivity index (χ1n) is 8.42. The number of rotatable bonds is 9. The van der Waals surface area contributed by atoms with E-state index in [2.05, 4.69) is 26.0 Å². The monoisotopic (exact) mass is 503 g/mol. The Balaban J connectivity index is 0.00000364. The molecule has 0 saturated carbocycles. The van der Waals surface area contributed by atoms with Crippen LogP contribution in [0.4, 0.5) is 0 Å². The number of ether oxygens (including phenoxy) is 1. The maximum Gasteiger partial charge on any atom is 0.255 e. The predicted molar refractivity (Wildman–Crippen MR) is 120 cm³/mol. The molecular weight excluding hydrogens is 477 g/mol. The third-order valence-electron chi connectivity index (χ3n) is 3.57. The minimum atomic E-state index is -0.484. The summed E-state index contributed by atoms with van der Waals surface area (Å²) in [7, 11) is 1.76. The average molecular weight is 503 g/mol. The molecule has 0 fully saturated rings. The number of hydrogen-bond donors (Lipinski definition) is 3. The number of carbonyl (C=O) groups is 1. The van der Waals surface area contributed by atoms with Gasteiger partial charge in [0.1, 0.15) is 5.75 Å². The Morgan fingerprint density at radius 2 is 1.89 bits per heavy atom. The topological polar surface area (TPSA) is 102 Å². The van der Waals surface area contributed by atoms with E-state index in [4.69, 9.17) is 10.5 Å². The molecule has 4 N–H and O–H groups in total. The molecule has 1 aromatic carbocycles. The molecule has 148 valence electrons. The molecule has 2 aromatic rings. The van der Waals surface area contributed by atoms with E-state index in [0.29, 0.717) is 5.75 Å². The summed E-state index contributed by atoms with van der Waals surface area (Å²) in [6.07, 6.45) is 1.72. The fourth-order valence-corrected chi connectivity index (χ4v) is 2.93. The van der Waals surface area contributed by atoms with Crippen LogP contribution in [0.5, 0.6) is 5.75 Å². The fourth-order valence-electron chi connectivity index (χ4n) is 2.28. The zero-order chi connectivity index (χ0) is 18.8. The maximum atomic E-state index is 10.7. The Morgan fingerprint density at radius 3 is 2.44 bits per heavy atom. The number of benzene rings is 1.